The Hall–Kier alpha value is -0.930. The summed E-state index contributed by atoms with van der Waals surface area (Å²) in [5, 5.41) is 9.17. The Balaban J connectivity index is 1.96. The van der Waals surface area contributed by atoms with Gasteiger partial charge in [0.25, 0.3) is 0 Å². The molecule has 0 aromatic carbocycles. The van der Waals surface area contributed by atoms with Gasteiger partial charge in [0.05, 0.1) is 12.7 Å². The summed E-state index contributed by atoms with van der Waals surface area (Å²) in [5.74, 6) is 0. The highest BCUT2D eigenvalue weighted by Gasteiger charge is 2.36. The Morgan fingerprint density at radius 1 is 1.50 bits per heavy atom. The van der Waals surface area contributed by atoms with Crippen LogP contribution >= 0.6 is 11.3 Å². The first-order valence-corrected chi connectivity index (χ1v) is 6.22. The zero-order valence-corrected chi connectivity index (χ0v) is 10.5. The van der Waals surface area contributed by atoms with Gasteiger partial charge in [0.2, 0.25) is 10.1 Å². The lowest BCUT2D eigenvalue weighted by Gasteiger charge is -2.27. The summed E-state index contributed by atoms with van der Waals surface area (Å²) < 4.78 is 42.6. The topological polar surface area (TPSA) is 50.3 Å². The number of nitrogens with one attached hydrogen (secondary N) is 1. The molecule has 0 saturated carbocycles. The molecule has 0 bridgehead atoms. The molecule has 0 amide bonds. The number of alkyl halides is 3. The number of nitrogens with zero attached hydrogens (tertiary/aromatic N) is 3. The summed E-state index contributed by atoms with van der Waals surface area (Å²) in [4.78, 5) is 1.63. The summed E-state index contributed by atoms with van der Waals surface area (Å²) >= 11 is 0.539. The summed E-state index contributed by atoms with van der Waals surface area (Å²) in [6.45, 7) is 2.59. The van der Waals surface area contributed by atoms with Crippen molar-refractivity contribution in [2.45, 2.75) is 12.3 Å². The lowest BCUT2D eigenvalue weighted by atomic mass is 10.3. The number of aromatic nitrogens is 2. The van der Waals surface area contributed by atoms with Gasteiger partial charge in [-0.3, -0.25) is 0 Å². The van der Waals surface area contributed by atoms with Gasteiger partial charge in [-0.15, -0.1) is 10.2 Å². The van der Waals surface area contributed by atoms with Crippen molar-refractivity contribution < 1.29 is 17.9 Å². The van der Waals surface area contributed by atoms with E-state index < -0.39 is 11.2 Å². The monoisotopic (exact) mass is 282 g/mol. The molecule has 1 aliphatic heterocycles. The van der Waals surface area contributed by atoms with Crippen molar-refractivity contribution in [2.75, 3.05) is 38.2 Å². The fourth-order valence-electron chi connectivity index (χ4n) is 1.60. The predicted octanol–water partition coefficient (Wildman–Crippen LogP) is 0.981. The highest BCUT2D eigenvalue weighted by atomic mass is 32.1. The van der Waals surface area contributed by atoms with Crippen LogP contribution in [0.2, 0.25) is 0 Å². The second-order valence-electron chi connectivity index (χ2n) is 3.96. The van der Waals surface area contributed by atoms with E-state index in [0.717, 1.165) is 6.54 Å². The van der Waals surface area contributed by atoms with Gasteiger partial charge in [-0.2, -0.15) is 13.2 Å². The first-order chi connectivity index (χ1) is 8.47. The second-order valence-corrected chi connectivity index (χ2v) is 4.92. The Morgan fingerprint density at radius 3 is 2.83 bits per heavy atom. The first-order valence-electron chi connectivity index (χ1n) is 5.41. The number of hydrogen-bond acceptors (Lipinski definition) is 6. The van der Waals surface area contributed by atoms with Gasteiger partial charge in [0.1, 0.15) is 0 Å². The molecule has 102 valence electrons. The molecule has 1 fully saturated rings. The minimum atomic E-state index is -4.43. The molecule has 1 N–H and O–H groups in total. The van der Waals surface area contributed by atoms with Crippen LogP contribution in [0.4, 0.5) is 18.3 Å². The summed E-state index contributed by atoms with van der Waals surface area (Å²) in [5.41, 5.74) is 0. The molecule has 18 heavy (non-hydrogen) atoms. The van der Waals surface area contributed by atoms with Gasteiger partial charge in [-0.05, 0) is 0 Å². The fourth-order valence-corrected chi connectivity index (χ4v) is 2.29. The average Bonchev–Trinajstić information content (AvgIpc) is 2.79. The number of halogens is 3. The van der Waals surface area contributed by atoms with Crippen molar-refractivity contribution >= 4 is 16.5 Å². The second kappa shape index (κ2) is 5.37. The molecule has 1 aliphatic rings. The molecular formula is C9H13F3N4OS. The summed E-state index contributed by atoms with van der Waals surface area (Å²) in [6.07, 6.45) is -4.47. The molecule has 0 spiro atoms. The maximum Gasteiger partial charge on any atom is 0.445 e. The van der Waals surface area contributed by atoms with Gasteiger partial charge in [-0.1, -0.05) is 11.3 Å². The molecule has 1 saturated heterocycles. The van der Waals surface area contributed by atoms with Crippen molar-refractivity contribution in [2.24, 2.45) is 0 Å². The van der Waals surface area contributed by atoms with Crippen molar-refractivity contribution in [3.8, 4) is 0 Å². The minimum Gasteiger partial charge on any atom is -0.374 e. The van der Waals surface area contributed by atoms with E-state index in [2.05, 4.69) is 15.5 Å². The van der Waals surface area contributed by atoms with Crippen LogP contribution < -0.4 is 10.2 Å². The molecule has 1 aromatic heterocycles. The lowest BCUT2D eigenvalue weighted by Crippen LogP contribution is -2.44. The standard InChI is InChI=1S/C9H13F3N4OS/c1-16(5-6-4-13-2-3-17-6)8-15-14-7(18-8)9(10,11)12/h6,13H,2-5H2,1H3. The third kappa shape index (κ3) is 3.30. The Labute approximate surface area is 106 Å². The molecule has 2 heterocycles. The van der Waals surface area contributed by atoms with Crippen LogP contribution in [0.3, 0.4) is 0 Å². The maximum absolute atomic E-state index is 12.4. The van der Waals surface area contributed by atoms with Gasteiger partial charge < -0.3 is 15.0 Å². The summed E-state index contributed by atoms with van der Waals surface area (Å²) in [6, 6.07) is 0. The third-order valence-corrected chi connectivity index (χ3v) is 3.55. The Bertz CT molecular complexity index is 391. The number of anilines is 1. The van der Waals surface area contributed by atoms with Crippen molar-refractivity contribution in [1.29, 1.82) is 0 Å². The SMILES string of the molecule is CN(CC1CNCCO1)c1nnc(C(F)(F)F)s1. The zero-order valence-electron chi connectivity index (χ0n) is 9.70. The zero-order chi connectivity index (χ0) is 13.2. The van der Waals surface area contributed by atoms with E-state index in [9.17, 15) is 13.2 Å². The van der Waals surface area contributed by atoms with Gasteiger partial charge in [-0.25, -0.2) is 0 Å². The van der Waals surface area contributed by atoms with Crippen LogP contribution in [0.15, 0.2) is 0 Å². The van der Waals surface area contributed by atoms with E-state index in [1.54, 1.807) is 11.9 Å². The van der Waals surface area contributed by atoms with E-state index >= 15 is 0 Å². The van der Waals surface area contributed by atoms with Crippen LogP contribution in [0.25, 0.3) is 0 Å². The van der Waals surface area contributed by atoms with Crippen LogP contribution in [-0.4, -0.2) is 49.6 Å². The highest BCUT2D eigenvalue weighted by Crippen LogP contribution is 2.33. The molecule has 0 aliphatic carbocycles. The normalized spacial score (nSPS) is 21.0. The molecular weight excluding hydrogens is 269 g/mol. The van der Waals surface area contributed by atoms with E-state index in [0.29, 0.717) is 31.0 Å². The van der Waals surface area contributed by atoms with E-state index in [1.807, 2.05) is 0 Å². The van der Waals surface area contributed by atoms with E-state index in [-0.39, 0.29) is 11.2 Å². The van der Waals surface area contributed by atoms with Crippen LogP contribution in [0.1, 0.15) is 5.01 Å². The number of likely N-dealkylation sites (N-methyl/N-ethyl adjacent to an activating group) is 1. The molecule has 0 radical (unpaired) electrons. The van der Waals surface area contributed by atoms with Crippen LogP contribution in [-0.2, 0) is 10.9 Å². The third-order valence-electron chi connectivity index (χ3n) is 2.47. The maximum atomic E-state index is 12.4. The Kier molecular flexibility index (Phi) is 4.03. The molecule has 9 heteroatoms. The van der Waals surface area contributed by atoms with Gasteiger partial charge >= 0.3 is 6.18 Å². The molecule has 1 atom stereocenters. The smallest absolute Gasteiger partial charge is 0.374 e. The average molecular weight is 282 g/mol. The van der Waals surface area contributed by atoms with E-state index in [4.69, 9.17) is 4.74 Å². The Morgan fingerprint density at radius 2 is 2.28 bits per heavy atom. The van der Waals surface area contributed by atoms with Crippen LogP contribution in [0, 0.1) is 0 Å². The first kappa shape index (κ1) is 13.5. The number of morpholine rings is 1. The van der Waals surface area contributed by atoms with Gasteiger partial charge in [0.15, 0.2) is 0 Å². The molecule has 1 aromatic rings. The lowest BCUT2D eigenvalue weighted by molar-refractivity contribution is -0.138. The summed E-state index contributed by atoms with van der Waals surface area (Å²) in [7, 11) is 1.68. The van der Waals surface area contributed by atoms with Gasteiger partial charge in [0, 0.05) is 26.7 Å². The number of ether oxygens (including phenoxy) is 1. The highest BCUT2D eigenvalue weighted by molar-refractivity contribution is 7.15. The molecule has 1 unspecified atom stereocenters. The molecule has 2 rings (SSSR count). The van der Waals surface area contributed by atoms with Crippen molar-refractivity contribution in [3.05, 3.63) is 5.01 Å². The largest absolute Gasteiger partial charge is 0.445 e. The molecule has 5 nitrogen and oxygen atoms in total. The van der Waals surface area contributed by atoms with E-state index in [1.165, 1.54) is 0 Å². The minimum absolute atomic E-state index is 0.0398. The number of rotatable bonds is 3. The van der Waals surface area contributed by atoms with Crippen LogP contribution in [0.5, 0.6) is 0 Å². The van der Waals surface area contributed by atoms with Crippen molar-refractivity contribution in [1.82, 2.24) is 15.5 Å². The quantitative estimate of drug-likeness (QED) is 0.895. The van der Waals surface area contributed by atoms with Crippen molar-refractivity contribution in [3.63, 3.8) is 0 Å². The fraction of sp³-hybridized carbons (Fsp3) is 0.778. The predicted molar refractivity (Wildman–Crippen MR) is 60.8 cm³/mol. The number of hydrogen-bond donors (Lipinski definition) is 1.